The number of ether oxygens (including phenoxy) is 2. The molecular formula is C19H34F2N2O4+2. The lowest BCUT2D eigenvalue weighted by atomic mass is 10.2. The molecule has 0 amide bonds. The first-order valence-corrected chi connectivity index (χ1v) is 8.74. The molecule has 0 aliphatic heterocycles. The van der Waals surface area contributed by atoms with Crippen LogP contribution in [0.25, 0.3) is 0 Å². The summed E-state index contributed by atoms with van der Waals surface area (Å²) in [7, 11) is 6.66. The number of esters is 2. The Morgan fingerprint density at radius 3 is 1.37 bits per heavy atom. The summed E-state index contributed by atoms with van der Waals surface area (Å²) in [6.07, 6.45) is 0. The number of halogens is 2. The van der Waals surface area contributed by atoms with E-state index in [1.807, 2.05) is 0 Å². The quantitative estimate of drug-likeness (QED) is 0.290. The zero-order valence-electron chi connectivity index (χ0n) is 17.4. The number of hydrogen-bond donors (Lipinski definition) is 0. The summed E-state index contributed by atoms with van der Waals surface area (Å²) >= 11 is 0. The van der Waals surface area contributed by atoms with Crippen molar-refractivity contribution in [1.29, 1.82) is 0 Å². The van der Waals surface area contributed by atoms with Gasteiger partial charge in [0.1, 0.15) is 39.4 Å². The Labute approximate surface area is 161 Å². The summed E-state index contributed by atoms with van der Waals surface area (Å²) < 4.78 is 39.1. The second kappa shape index (κ2) is 9.94. The summed E-state index contributed by atoms with van der Waals surface area (Å²) in [6, 6.07) is 0. The van der Waals surface area contributed by atoms with Crippen molar-refractivity contribution in [1.82, 2.24) is 0 Å². The molecule has 0 atom stereocenters. The first-order chi connectivity index (χ1) is 12.1. The summed E-state index contributed by atoms with van der Waals surface area (Å²) in [5.74, 6) is -3.99. The molecule has 0 N–H and O–H groups in total. The normalized spacial score (nSPS) is 12.4. The van der Waals surface area contributed by atoms with Crippen molar-refractivity contribution in [3.63, 3.8) is 0 Å². The fourth-order valence-corrected chi connectivity index (χ4v) is 2.48. The Bertz CT molecular complexity index is 524. The summed E-state index contributed by atoms with van der Waals surface area (Å²) in [6.45, 7) is 9.84. The number of hydrogen-bond acceptors (Lipinski definition) is 4. The van der Waals surface area contributed by atoms with Crippen LogP contribution in [0.1, 0.15) is 13.8 Å². The van der Waals surface area contributed by atoms with E-state index in [0.717, 1.165) is 0 Å². The van der Waals surface area contributed by atoms with Crippen LogP contribution in [0.4, 0.5) is 8.78 Å². The highest BCUT2D eigenvalue weighted by Crippen LogP contribution is 2.21. The van der Waals surface area contributed by atoms with Gasteiger partial charge in [0.05, 0.1) is 28.2 Å². The maximum atomic E-state index is 14.6. The fraction of sp³-hybridized carbons (Fsp3) is 0.684. The Morgan fingerprint density at radius 1 is 0.815 bits per heavy atom. The van der Waals surface area contributed by atoms with E-state index >= 15 is 0 Å². The summed E-state index contributed by atoms with van der Waals surface area (Å²) in [5, 5.41) is 0. The molecule has 0 aromatic carbocycles. The molecule has 0 heterocycles. The molecule has 8 heteroatoms. The molecule has 0 saturated carbocycles. The van der Waals surface area contributed by atoms with Gasteiger partial charge in [0.25, 0.3) is 0 Å². The van der Waals surface area contributed by atoms with Gasteiger partial charge in [-0.15, -0.1) is 0 Å². The maximum Gasteiger partial charge on any atom is 0.342 e. The predicted octanol–water partition coefficient (Wildman–Crippen LogP) is 2.01. The van der Waals surface area contributed by atoms with Gasteiger partial charge in [-0.1, -0.05) is 13.2 Å². The zero-order chi connectivity index (χ0) is 21.5. The molecule has 0 fully saturated rings. The zero-order valence-corrected chi connectivity index (χ0v) is 17.4. The van der Waals surface area contributed by atoms with Crippen molar-refractivity contribution in [2.24, 2.45) is 0 Å². The molecule has 0 aromatic rings. The largest absolute Gasteiger partial charge is 0.456 e. The van der Waals surface area contributed by atoms with Gasteiger partial charge in [-0.05, 0) is 13.8 Å². The standard InChI is InChI=1S/C19H34F2N2O4/c1-15(2)17(24)26-11-9-22(5,6)13-19(20,21)14-23(7,8)10-12-27-18(25)16(3)4/h1,3,9-14H2,2,4-8H3/q+2. The van der Waals surface area contributed by atoms with Crippen molar-refractivity contribution >= 4 is 11.9 Å². The topological polar surface area (TPSA) is 52.6 Å². The van der Waals surface area contributed by atoms with E-state index in [-0.39, 0.29) is 46.4 Å². The minimum atomic E-state index is -2.94. The van der Waals surface area contributed by atoms with E-state index in [4.69, 9.17) is 9.47 Å². The third-order valence-electron chi connectivity index (χ3n) is 3.88. The molecule has 0 aliphatic rings. The molecule has 0 bridgehead atoms. The molecule has 0 rings (SSSR count). The van der Waals surface area contributed by atoms with Crippen molar-refractivity contribution in [3.05, 3.63) is 24.3 Å². The first-order valence-electron chi connectivity index (χ1n) is 8.74. The Kier molecular flexibility index (Phi) is 9.28. The Morgan fingerprint density at radius 2 is 1.11 bits per heavy atom. The lowest BCUT2D eigenvalue weighted by Crippen LogP contribution is -2.57. The van der Waals surface area contributed by atoms with Crippen LogP contribution in [0.3, 0.4) is 0 Å². The van der Waals surface area contributed by atoms with Gasteiger partial charge in [0.2, 0.25) is 0 Å². The van der Waals surface area contributed by atoms with Gasteiger partial charge >= 0.3 is 17.9 Å². The van der Waals surface area contributed by atoms with Crippen LogP contribution in [0.15, 0.2) is 24.3 Å². The second-order valence-corrected chi connectivity index (χ2v) is 8.32. The maximum absolute atomic E-state index is 14.6. The highest BCUT2D eigenvalue weighted by Gasteiger charge is 2.43. The van der Waals surface area contributed by atoms with E-state index in [0.29, 0.717) is 0 Å². The molecule has 0 spiro atoms. The van der Waals surface area contributed by atoms with Crippen LogP contribution >= 0.6 is 0 Å². The highest BCUT2D eigenvalue weighted by atomic mass is 19.3. The first kappa shape index (κ1) is 25.2. The molecule has 0 unspecified atom stereocenters. The highest BCUT2D eigenvalue weighted by molar-refractivity contribution is 5.87. The molecule has 0 aliphatic carbocycles. The third-order valence-corrected chi connectivity index (χ3v) is 3.88. The van der Waals surface area contributed by atoms with E-state index in [1.165, 1.54) is 13.8 Å². The number of rotatable bonds is 12. The van der Waals surface area contributed by atoms with E-state index in [2.05, 4.69) is 13.2 Å². The monoisotopic (exact) mass is 392 g/mol. The van der Waals surface area contributed by atoms with E-state index in [1.54, 1.807) is 28.2 Å². The third kappa shape index (κ3) is 11.5. The minimum Gasteiger partial charge on any atom is -0.456 e. The van der Waals surface area contributed by atoms with Crippen molar-refractivity contribution in [3.8, 4) is 0 Å². The van der Waals surface area contributed by atoms with Crippen LogP contribution < -0.4 is 0 Å². The predicted molar refractivity (Wildman–Crippen MR) is 100 cm³/mol. The SMILES string of the molecule is C=C(C)C(=O)OCC[N+](C)(C)CC(F)(F)C[N+](C)(C)CCOC(=O)C(=C)C. The number of quaternary nitrogens is 2. The number of alkyl halides is 2. The number of nitrogens with zero attached hydrogens (tertiary/aromatic N) is 2. The van der Waals surface area contributed by atoms with Crippen LogP contribution in [0, 0.1) is 0 Å². The lowest BCUT2D eigenvalue weighted by molar-refractivity contribution is -0.922. The molecule has 0 saturated heterocycles. The Balaban J connectivity index is 4.56. The number of carbonyl (C=O) groups excluding carboxylic acids is 2. The van der Waals surface area contributed by atoms with Crippen LogP contribution in [-0.4, -0.2) is 94.4 Å². The molecule has 6 nitrogen and oxygen atoms in total. The van der Waals surface area contributed by atoms with Crippen LogP contribution in [-0.2, 0) is 19.1 Å². The van der Waals surface area contributed by atoms with Crippen LogP contribution in [0.5, 0.6) is 0 Å². The van der Waals surface area contributed by atoms with Gasteiger partial charge in [-0.3, -0.25) is 0 Å². The van der Waals surface area contributed by atoms with Crippen molar-refractivity contribution in [2.45, 2.75) is 19.8 Å². The average molecular weight is 392 g/mol. The van der Waals surface area contributed by atoms with Gasteiger partial charge in [-0.25, -0.2) is 9.59 Å². The number of carbonyl (C=O) groups is 2. The van der Waals surface area contributed by atoms with Gasteiger partial charge < -0.3 is 18.4 Å². The average Bonchev–Trinajstić information content (AvgIpc) is 2.43. The van der Waals surface area contributed by atoms with Crippen LogP contribution in [0.2, 0.25) is 0 Å². The molecule has 27 heavy (non-hydrogen) atoms. The molecule has 0 aromatic heterocycles. The summed E-state index contributed by atoms with van der Waals surface area (Å²) in [5.41, 5.74) is 0.550. The minimum absolute atomic E-state index is 0.00111. The molecular weight excluding hydrogens is 358 g/mol. The smallest absolute Gasteiger partial charge is 0.342 e. The lowest BCUT2D eigenvalue weighted by Gasteiger charge is -2.37. The van der Waals surface area contributed by atoms with Gasteiger partial charge in [0, 0.05) is 11.1 Å². The number of likely N-dealkylation sites (N-methyl/N-ethyl adjacent to an activating group) is 2. The van der Waals surface area contributed by atoms with Gasteiger partial charge in [0.15, 0.2) is 0 Å². The molecule has 156 valence electrons. The Hall–Kier alpha value is -1.80. The van der Waals surface area contributed by atoms with Crippen molar-refractivity contribution < 1.29 is 36.8 Å². The van der Waals surface area contributed by atoms with E-state index < -0.39 is 31.0 Å². The molecule has 0 radical (unpaired) electrons. The van der Waals surface area contributed by atoms with E-state index in [9.17, 15) is 18.4 Å². The summed E-state index contributed by atoms with van der Waals surface area (Å²) in [4.78, 5) is 22.7. The van der Waals surface area contributed by atoms with Crippen molar-refractivity contribution in [2.75, 3.05) is 67.6 Å². The second-order valence-electron chi connectivity index (χ2n) is 8.32. The van der Waals surface area contributed by atoms with Gasteiger partial charge in [-0.2, -0.15) is 8.78 Å². The fourth-order valence-electron chi connectivity index (χ4n) is 2.48.